The summed E-state index contributed by atoms with van der Waals surface area (Å²) in [4.78, 5) is 7.24. The quantitative estimate of drug-likeness (QED) is 0.802. The van der Waals surface area contributed by atoms with Gasteiger partial charge in [0.25, 0.3) is 0 Å². The third kappa shape index (κ3) is 2.47. The van der Waals surface area contributed by atoms with Gasteiger partial charge < -0.3 is 0 Å². The van der Waals surface area contributed by atoms with Gasteiger partial charge >= 0.3 is 0 Å². The monoisotopic (exact) mass is 298 g/mol. The van der Waals surface area contributed by atoms with Crippen molar-refractivity contribution >= 4 is 22.2 Å². The van der Waals surface area contributed by atoms with Gasteiger partial charge in [0.15, 0.2) is 0 Å². The summed E-state index contributed by atoms with van der Waals surface area (Å²) in [5, 5.41) is 11.7. The summed E-state index contributed by atoms with van der Waals surface area (Å²) in [6.07, 6.45) is 4.35. The number of nitrogens with zero attached hydrogens (tertiary/aromatic N) is 3. The molecular formula is C16H18N4S. The van der Waals surface area contributed by atoms with Crippen LogP contribution in [0.2, 0.25) is 0 Å². The van der Waals surface area contributed by atoms with Gasteiger partial charge in [-0.15, -0.1) is 11.3 Å². The fourth-order valence-corrected chi connectivity index (χ4v) is 4.10. The Kier molecular flexibility index (Phi) is 3.24. The molecule has 0 bridgehead atoms. The van der Waals surface area contributed by atoms with E-state index in [0.717, 1.165) is 24.3 Å². The largest absolute Gasteiger partial charge is 0.290 e. The molecule has 1 aliphatic rings. The van der Waals surface area contributed by atoms with Crippen molar-refractivity contribution < 1.29 is 0 Å². The molecule has 1 saturated heterocycles. The molecule has 0 radical (unpaired) electrons. The van der Waals surface area contributed by atoms with Gasteiger partial charge in [-0.2, -0.15) is 5.10 Å². The smallest absolute Gasteiger partial charge is 0.110 e. The maximum atomic E-state index is 4.69. The Labute approximate surface area is 127 Å². The summed E-state index contributed by atoms with van der Waals surface area (Å²) in [5.74, 6) is 0. The maximum Gasteiger partial charge on any atom is 0.110 e. The number of H-pyrrole nitrogens is 1. The molecule has 0 saturated carbocycles. The second-order valence-electron chi connectivity index (χ2n) is 5.75. The van der Waals surface area contributed by atoms with Crippen molar-refractivity contribution in [2.24, 2.45) is 0 Å². The molecule has 2 aromatic heterocycles. The van der Waals surface area contributed by atoms with Gasteiger partial charge in [0.2, 0.25) is 0 Å². The van der Waals surface area contributed by atoms with Crippen LogP contribution in [0.4, 0.5) is 0 Å². The minimum absolute atomic E-state index is 0.487. The molecule has 0 spiro atoms. The number of aryl methyl sites for hydroxylation is 1. The Morgan fingerprint density at radius 3 is 3.24 bits per heavy atom. The number of nitrogens with one attached hydrogen (secondary N) is 1. The summed E-state index contributed by atoms with van der Waals surface area (Å²) in [6.45, 7) is 4.22. The van der Waals surface area contributed by atoms with Gasteiger partial charge in [0.1, 0.15) is 5.01 Å². The van der Waals surface area contributed by atoms with Crippen LogP contribution in [0.3, 0.4) is 0 Å². The summed E-state index contributed by atoms with van der Waals surface area (Å²) >= 11 is 1.80. The molecule has 21 heavy (non-hydrogen) atoms. The van der Waals surface area contributed by atoms with E-state index in [2.05, 4.69) is 50.6 Å². The van der Waals surface area contributed by atoms with Crippen LogP contribution in [0.15, 0.2) is 29.8 Å². The number of aromatic amines is 1. The van der Waals surface area contributed by atoms with E-state index in [4.69, 9.17) is 0 Å². The minimum atomic E-state index is 0.487. The van der Waals surface area contributed by atoms with Crippen LogP contribution < -0.4 is 0 Å². The minimum Gasteiger partial charge on any atom is -0.290 e. The van der Waals surface area contributed by atoms with E-state index in [-0.39, 0.29) is 0 Å². The number of aromatic nitrogens is 3. The lowest BCUT2D eigenvalue weighted by atomic mass is 10.1. The van der Waals surface area contributed by atoms with Gasteiger partial charge in [-0.25, -0.2) is 4.98 Å². The van der Waals surface area contributed by atoms with Gasteiger partial charge in [0, 0.05) is 23.0 Å². The zero-order valence-electron chi connectivity index (χ0n) is 12.0. The number of hydrogen-bond donors (Lipinski definition) is 1. The van der Waals surface area contributed by atoms with Crippen molar-refractivity contribution in [2.75, 3.05) is 6.54 Å². The van der Waals surface area contributed by atoms with E-state index < -0.39 is 0 Å². The summed E-state index contributed by atoms with van der Waals surface area (Å²) in [7, 11) is 0. The van der Waals surface area contributed by atoms with Crippen LogP contribution in [0.25, 0.3) is 10.9 Å². The van der Waals surface area contributed by atoms with Crippen LogP contribution in [-0.4, -0.2) is 26.6 Å². The van der Waals surface area contributed by atoms with Crippen LogP contribution in [0.5, 0.6) is 0 Å². The highest BCUT2D eigenvalue weighted by atomic mass is 32.1. The average molecular weight is 298 g/mol. The van der Waals surface area contributed by atoms with E-state index in [1.54, 1.807) is 11.3 Å². The summed E-state index contributed by atoms with van der Waals surface area (Å²) in [5.41, 5.74) is 3.60. The molecule has 5 heteroatoms. The van der Waals surface area contributed by atoms with E-state index in [9.17, 15) is 0 Å². The number of hydrogen-bond acceptors (Lipinski definition) is 4. The van der Waals surface area contributed by atoms with Crippen LogP contribution in [0, 0.1) is 6.92 Å². The SMILES string of the molecule is Cc1csc([C@@H]2CCCN2Cc2ccc3cn[nH]c3c2)n1. The molecule has 4 rings (SSSR count). The van der Waals surface area contributed by atoms with Gasteiger partial charge in [-0.3, -0.25) is 10.00 Å². The van der Waals surface area contributed by atoms with E-state index in [1.807, 2.05) is 6.20 Å². The number of thiazole rings is 1. The number of rotatable bonds is 3. The Bertz CT molecular complexity index is 760. The first-order chi connectivity index (χ1) is 10.3. The van der Waals surface area contributed by atoms with Crippen LogP contribution in [-0.2, 0) is 6.54 Å². The number of fused-ring (bicyclic) bond motifs is 1. The summed E-state index contributed by atoms with van der Waals surface area (Å²) < 4.78 is 0. The standard InChI is InChI=1S/C16H18N4S/c1-11-10-21-16(18-11)15-3-2-6-20(15)9-12-4-5-13-8-17-19-14(13)7-12/h4-5,7-8,10,15H,2-3,6,9H2,1H3,(H,17,19)/t15-/m0/s1. The molecule has 3 aromatic rings. The van der Waals surface area contributed by atoms with Crippen molar-refractivity contribution in [1.82, 2.24) is 20.1 Å². The Hall–Kier alpha value is -1.72. The summed E-state index contributed by atoms with van der Waals surface area (Å²) in [6, 6.07) is 7.05. The molecule has 3 heterocycles. The van der Waals surface area contributed by atoms with Crippen molar-refractivity contribution in [3.63, 3.8) is 0 Å². The lowest BCUT2D eigenvalue weighted by Gasteiger charge is -2.22. The van der Waals surface area contributed by atoms with Crippen molar-refractivity contribution in [3.05, 3.63) is 46.0 Å². The Morgan fingerprint density at radius 1 is 1.43 bits per heavy atom. The third-order valence-corrected chi connectivity index (χ3v) is 5.24. The predicted octanol–water partition coefficient (Wildman–Crippen LogP) is 3.66. The molecule has 0 amide bonds. The van der Waals surface area contributed by atoms with Crippen LogP contribution in [0.1, 0.15) is 35.1 Å². The molecule has 1 aromatic carbocycles. The highest BCUT2D eigenvalue weighted by Crippen LogP contribution is 2.34. The second kappa shape index (κ2) is 5.24. The normalized spacial score (nSPS) is 19.6. The van der Waals surface area contributed by atoms with E-state index in [1.165, 1.54) is 28.8 Å². The fraction of sp³-hybridized carbons (Fsp3) is 0.375. The molecule has 1 atom stereocenters. The molecular weight excluding hydrogens is 280 g/mol. The number of benzene rings is 1. The molecule has 1 fully saturated rings. The lowest BCUT2D eigenvalue weighted by Crippen LogP contribution is -2.22. The molecule has 0 unspecified atom stereocenters. The first-order valence-electron chi connectivity index (χ1n) is 7.38. The van der Waals surface area contributed by atoms with Gasteiger partial charge in [0.05, 0.1) is 17.8 Å². The number of likely N-dealkylation sites (tertiary alicyclic amines) is 1. The lowest BCUT2D eigenvalue weighted by molar-refractivity contribution is 0.248. The predicted molar refractivity (Wildman–Crippen MR) is 85.3 cm³/mol. The molecule has 108 valence electrons. The van der Waals surface area contributed by atoms with E-state index >= 15 is 0 Å². The topological polar surface area (TPSA) is 44.8 Å². The first kappa shape index (κ1) is 13.0. The average Bonchev–Trinajstić information content (AvgIpc) is 3.18. The maximum absolute atomic E-state index is 4.69. The van der Waals surface area contributed by atoms with Crippen molar-refractivity contribution in [3.8, 4) is 0 Å². The van der Waals surface area contributed by atoms with Gasteiger partial charge in [-0.1, -0.05) is 12.1 Å². The zero-order chi connectivity index (χ0) is 14.2. The van der Waals surface area contributed by atoms with E-state index in [0.29, 0.717) is 6.04 Å². The highest BCUT2D eigenvalue weighted by molar-refractivity contribution is 7.09. The molecule has 1 N–H and O–H groups in total. The van der Waals surface area contributed by atoms with Crippen LogP contribution >= 0.6 is 11.3 Å². The Balaban J connectivity index is 1.57. The van der Waals surface area contributed by atoms with Crippen molar-refractivity contribution in [2.45, 2.75) is 32.4 Å². The van der Waals surface area contributed by atoms with Crippen molar-refractivity contribution in [1.29, 1.82) is 0 Å². The second-order valence-corrected chi connectivity index (χ2v) is 6.64. The molecule has 0 aliphatic carbocycles. The third-order valence-electron chi connectivity index (χ3n) is 4.18. The molecule has 4 nitrogen and oxygen atoms in total. The zero-order valence-corrected chi connectivity index (χ0v) is 12.9. The fourth-order valence-electron chi connectivity index (χ4n) is 3.14. The van der Waals surface area contributed by atoms with Gasteiger partial charge in [-0.05, 0) is 37.9 Å². The first-order valence-corrected chi connectivity index (χ1v) is 8.26. The molecule has 1 aliphatic heterocycles. The Morgan fingerprint density at radius 2 is 2.38 bits per heavy atom. The highest BCUT2D eigenvalue weighted by Gasteiger charge is 2.28.